The Morgan fingerprint density at radius 2 is 1.62 bits per heavy atom. The van der Waals surface area contributed by atoms with E-state index in [4.69, 9.17) is 19.9 Å². The molecule has 53 heavy (non-hydrogen) atoms. The van der Waals surface area contributed by atoms with E-state index in [9.17, 15) is 48.7 Å². The molecule has 292 valence electrons. The Morgan fingerprint density at radius 1 is 1.00 bits per heavy atom. The van der Waals surface area contributed by atoms with Crippen molar-refractivity contribution in [2.45, 2.75) is 56.0 Å². The van der Waals surface area contributed by atoms with Crippen molar-refractivity contribution in [1.29, 1.82) is 0 Å². The lowest BCUT2D eigenvalue weighted by Crippen LogP contribution is -2.47. The highest BCUT2D eigenvalue weighted by Crippen LogP contribution is 2.63. The van der Waals surface area contributed by atoms with E-state index in [1.54, 1.807) is 0 Å². The number of aromatic amines is 2. The zero-order valence-electron chi connectivity index (χ0n) is 27.3. The van der Waals surface area contributed by atoms with Crippen molar-refractivity contribution in [1.82, 2.24) is 34.1 Å². The number of hydrogen-bond acceptors (Lipinski definition) is 22. The quantitative estimate of drug-likeness (QED) is 0.0543. The predicted octanol–water partition coefficient (Wildman–Crippen LogP) is -4.95. The number of phosphoric ester groups is 2. The van der Waals surface area contributed by atoms with Crippen LogP contribution >= 0.6 is 22.4 Å². The van der Waals surface area contributed by atoms with Gasteiger partial charge in [0.1, 0.15) is 49.2 Å². The zero-order chi connectivity index (χ0) is 38.8. The first-order valence-corrected chi connectivity index (χ1v) is 20.4. The van der Waals surface area contributed by atoms with Crippen LogP contribution in [0.3, 0.4) is 0 Å². The number of ether oxygens (including phenoxy) is 3. The number of nitrogens with two attached hydrogens (primary N) is 1. The van der Waals surface area contributed by atoms with Crippen LogP contribution in [0.4, 0.5) is 5.95 Å². The van der Waals surface area contributed by atoms with Gasteiger partial charge in [0.05, 0.1) is 26.6 Å². The van der Waals surface area contributed by atoms with Gasteiger partial charge in [0.25, 0.3) is 32.7 Å². The number of rotatable bonds is 13. The Balaban J connectivity index is 1.06. The van der Waals surface area contributed by atoms with Gasteiger partial charge in [0, 0.05) is 7.11 Å². The third kappa shape index (κ3) is 8.08. The molecule has 2 aliphatic rings. The summed E-state index contributed by atoms with van der Waals surface area (Å²) in [6.45, 7) is -6.10. The summed E-state index contributed by atoms with van der Waals surface area (Å²) >= 11 is 4.42. The summed E-state index contributed by atoms with van der Waals surface area (Å²) in [7, 11) is -8.84. The van der Waals surface area contributed by atoms with Gasteiger partial charge in [0.2, 0.25) is 11.7 Å². The van der Waals surface area contributed by atoms with Crippen LogP contribution in [-0.2, 0) is 59.9 Å². The molecule has 6 rings (SSSR count). The molecule has 30 heteroatoms. The number of aromatic nitrogens is 8. The standard InChI is InChI=1S/C23H32N9O17P3S/c1-8-26-17-11(19(36)27-8)25-6-31(17)21-15(35)13(33)9(46-21)4-44-50(38,39)48-52(42,53)49-51(40,41)45-5-10-14(34)16(43-3)22(47-10)32-7-30(2)12-18(32)28-23(24)29-20(12)37/h6-7,9-10,13-16,21-22,33-35H,4-5H2,1-3H3,(H6-,24,26,27,28,29,36,37,38,39,40,41,42,53)/p-2/t9-,10-,13+,14?,15?,16+,21-,22-,52?/m1/s1. The number of anilines is 1. The van der Waals surface area contributed by atoms with E-state index in [0.717, 1.165) is 10.9 Å². The average Bonchev–Trinajstić information content (AvgIpc) is 3.77. The molecule has 0 spiro atoms. The molecule has 0 aromatic carbocycles. The minimum absolute atomic E-state index is 0.0212. The number of methoxy groups -OCH3 is 1. The Hall–Kier alpha value is -2.91. The number of hydrogen-bond donors (Lipinski definition) is 6. The minimum Gasteiger partial charge on any atom is -0.779 e. The third-order valence-corrected chi connectivity index (χ3v) is 13.3. The van der Waals surface area contributed by atoms with Gasteiger partial charge >= 0.3 is 5.65 Å². The van der Waals surface area contributed by atoms with E-state index in [2.05, 4.69) is 54.4 Å². The second kappa shape index (κ2) is 14.6. The lowest BCUT2D eigenvalue weighted by molar-refractivity contribution is -0.746. The normalized spacial score (nSPS) is 29.8. The van der Waals surface area contributed by atoms with Crippen molar-refractivity contribution >= 4 is 62.4 Å². The maximum absolute atomic E-state index is 12.7. The number of H-pyrrole nitrogens is 2. The number of nitrogens with zero attached hydrogens (tertiary/aromatic N) is 6. The highest BCUT2D eigenvalue weighted by atomic mass is 32.5. The summed E-state index contributed by atoms with van der Waals surface area (Å²) in [6.07, 6.45) is -9.48. The molecule has 0 bridgehead atoms. The van der Waals surface area contributed by atoms with Crippen LogP contribution in [0.15, 0.2) is 22.2 Å². The van der Waals surface area contributed by atoms with Crippen LogP contribution < -0.4 is 36.1 Å². The van der Waals surface area contributed by atoms with Crippen molar-refractivity contribution in [3.05, 3.63) is 39.2 Å². The summed E-state index contributed by atoms with van der Waals surface area (Å²) in [5, 5.41) is 31.9. The average molecular weight is 830 g/mol. The molecule has 2 fully saturated rings. The number of nitrogens with one attached hydrogen (secondary N) is 2. The summed E-state index contributed by atoms with van der Waals surface area (Å²) in [5.74, 6) is -0.0328. The van der Waals surface area contributed by atoms with Crippen molar-refractivity contribution < 1.29 is 75.6 Å². The molecule has 6 heterocycles. The highest BCUT2D eigenvalue weighted by molar-refractivity contribution is 8.09. The number of aryl methyl sites for hydroxylation is 2. The van der Waals surface area contributed by atoms with Gasteiger partial charge in [-0.25, -0.2) is 14.5 Å². The number of aliphatic hydroxyl groups excluding tert-OH is 3. The van der Waals surface area contributed by atoms with Crippen LogP contribution in [0, 0.1) is 6.92 Å². The molecule has 2 saturated heterocycles. The van der Waals surface area contributed by atoms with Gasteiger partial charge in [0.15, 0.2) is 23.7 Å². The van der Waals surface area contributed by atoms with Gasteiger partial charge in [-0.15, -0.1) is 0 Å². The summed E-state index contributed by atoms with van der Waals surface area (Å²) in [6, 6.07) is 0. The van der Waals surface area contributed by atoms with Gasteiger partial charge in [-0.2, -0.15) is 0 Å². The van der Waals surface area contributed by atoms with Crippen LogP contribution in [0.1, 0.15) is 18.3 Å². The molecule has 5 unspecified atom stereocenters. The van der Waals surface area contributed by atoms with Gasteiger partial charge in [-0.05, 0) is 6.92 Å². The Labute approximate surface area is 300 Å². The van der Waals surface area contributed by atoms with Gasteiger partial charge in [-0.1, -0.05) is 16.8 Å². The third-order valence-electron chi connectivity index (χ3n) is 8.00. The Morgan fingerprint density at radius 3 is 2.25 bits per heavy atom. The molecule has 11 atom stereocenters. The maximum Gasteiger partial charge on any atom is 0.313 e. The minimum atomic E-state index is -5.79. The van der Waals surface area contributed by atoms with E-state index < -0.39 is 95.8 Å². The smallest absolute Gasteiger partial charge is 0.313 e. The van der Waals surface area contributed by atoms with Crippen LogP contribution in [0.2, 0.25) is 0 Å². The number of aliphatic hydroxyl groups is 3. The fraction of sp³-hybridized carbons (Fsp3) is 0.565. The maximum atomic E-state index is 12.7. The number of imidazole rings is 2. The molecule has 4 aromatic heterocycles. The predicted molar refractivity (Wildman–Crippen MR) is 169 cm³/mol. The molecular formula is C23H30N9O17P3S-2. The molecule has 2 aliphatic heterocycles. The fourth-order valence-corrected chi connectivity index (χ4v) is 10.6. The Kier molecular flexibility index (Phi) is 11.0. The zero-order valence-corrected chi connectivity index (χ0v) is 30.8. The molecule has 0 amide bonds. The van der Waals surface area contributed by atoms with E-state index in [1.165, 1.54) is 36.5 Å². The number of fused-ring (bicyclic) bond motifs is 2. The molecule has 0 saturated carbocycles. The van der Waals surface area contributed by atoms with Crippen molar-refractivity contribution in [2.24, 2.45) is 7.05 Å². The van der Waals surface area contributed by atoms with Crippen molar-refractivity contribution in [2.75, 3.05) is 26.1 Å². The second-order valence-electron chi connectivity index (χ2n) is 11.6. The molecular weight excluding hydrogens is 799 g/mol. The van der Waals surface area contributed by atoms with Crippen molar-refractivity contribution in [3.8, 4) is 0 Å². The Bertz CT molecular complexity index is 2300. The second-order valence-corrected chi connectivity index (χ2v) is 17.5. The summed E-state index contributed by atoms with van der Waals surface area (Å²) in [4.78, 5) is 79.2. The van der Waals surface area contributed by atoms with E-state index in [-0.39, 0.29) is 34.1 Å². The van der Waals surface area contributed by atoms with Crippen LogP contribution in [0.25, 0.3) is 22.3 Å². The topological polar surface area (TPSA) is 373 Å². The highest BCUT2D eigenvalue weighted by Gasteiger charge is 2.49. The summed E-state index contributed by atoms with van der Waals surface area (Å²) < 4.78 is 63.1. The van der Waals surface area contributed by atoms with Gasteiger partial charge in [-0.3, -0.25) is 41.5 Å². The fourth-order valence-electron chi connectivity index (χ4n) is 5.75. The molecule has 0 radical (unpaired) electrons. The summed E-state index contributed by atoms with van der Waals surface area (Å²) in [5.41, 5.74) is 4.47. The molecule has 0 aliphatic carbocycles. The lowest BCUT2D eigenvalue weighted by atomic mass is 10.1. The first-order chi connectivity index (χ1) is 24.7. The van der Waals surface area contributed by atoms with E-state index in [0.29, 0.717) is 0 Å². The lowest BCUT2D eigenvalue weighted by Gasteiger charge is -2.37. The van der Waals surface area contributed by atoms with Gasteiger partial charge < -0.3 is 64.0 Å². The SMILES string of the molecule is CO[C@H]1C(O)[C@@H](COP(=O)([O-])OP([O-])(=S)OP(=O)([O-])OC[C@H]2O[C@@H](n3cnc4c(=O)[nH]c(C)nc43)C(O)[C@H]2O)O[C@H]1[n+]1cn(C)c2c(=O)[nH]c(N)nc21. The van der Waals surface area contributed by atoms with Crippen molar-refractivity contribution in [3.63, 3.8) is 0 Å². The molecule has 4 aromatic rings. The van der Waals surface area contributed by atoms with E-state index >= 15 is 0 Å². The van der Waals surface area contributed by atoms with Crippen LogP contribution in [0.5, 0.6) is 0 Å². The molecule has 7 N–H and O–H groups in total. The number of nitrogen functional groups attached to an aromatic ring is 1. The monoisotopic (exact) mass is 829 g/mol. The van der Waals surface area contributed by atoms with E-state index in [1.807, 2.05) is 0 Å². The first-order valence-electron chi connectivity index (χ1n) is 14.9. The largest absolute Gasteiger partial charge is 0.779 e. The molecule has 26 nitrogen and oxygen atoms in total. The van der Waals surface area contributed by atoms with Crippen LogP contribution in [-0.4, -0.2) is 106 Å². The first kappa shape index (κ1) is 39.8. The number of phosphoric acid groups is 2.